The molecule has 1 aliphatic heterocycles. The second-order valence-corrected chi connectivity index (χ2v) is 4.57. The molecular weight excluding hydrogens is 259 g/mol. The van der Waals surface area contributed by atoms with Gasteiger partial charge in [0.25, 0.3) is 5.91 Å². The van der Waals surface area contributed by atoms with Gasteiger partial charge in [0, 0.05) is 13.2 Å². The number of hydrogen-bond acceptors (Lipinski definition) is 3. The normalized spacial score (nSPS) is 18.6. The van der Waals surface area contributed by atoms with E-state index in [0.717, 1.165) is 19.4 Å². The van der Waals surface area contributed by atoms with Crippen LogP contribution in [-0.4, -0.2) is 25.2 Å². The maximum Gasteiger partial charge on any atom is 0.262 e. The van der Waals surface area contributed by atoms with Crippen LogP contribution in [0.4, 0.5) is 4.39 Å². The number of carbonyl (C=O) groups excluding carboxylic acids is 1. The van der Waals surface area contributed by atoms with E-state index < -0.39 is 5.91 Å². The standard InChI is InChI=1S/C15H15FN2O2/c16-13-5-3-11(4-6-13)8-12(9-17)15(19)18-10-14-2-1-7-20-14/h3-6,8,14H,1-2,7,10H2,(H,18,19)/b12-8-/t14-/m1/s1. The summed E-state index contributed by atoms with van der Waals surface area (Å²) in [4.78, 5) is 11.9. The van der Waals surface area contributed by atoms with E-state index in [1.807, 2.05) is 6.07 Å². The molecule has 1 atom stereocenters. The first-order chi connectivity index (χ1) is 9.69. The van der Waals surface area contributed by atoms with Gasteiger partial charge in [-0.1, -0.05) is 12.1 Å². The van der Waals surface area contributed by atoms with Crippen LogP contribution in [0.25, 0.3) is 6.08 Å². The van der Waals surface area contributed by atoms with Crippen LogP contribution in [0.3, 0.4) is 0 Å². The van der Waals surface area contributed by atoms with Crippen LogP contribution in [0.5, 0.6) is 0 Å². The Labute approximate surface area is 116 Å². The number of amides is 1. The van der Waals surface area contributed by atoms with Crippen molar-refractivity contribution in [1.82, 2.24) is 5.32 Å². The lowest BCUT2D eigenvalue weighted by molar-refractivity contribution is -0.117. The van der Waals surface area contributed by atoms with Crippen molar-refractivity contribution >= 4 is 12.0 Å². The number of halogens is 1. The maximum absolute atomic E-state index is 12.8. The third kappa shape index (κ3) is 3.90. The molecule has 0 spiro atoms. The minimum atomic E-state index is -0.438. The van der Waals surface area contributed by atoms with Gasteiger partial charge in [-0.25, -0.2) is 4.39 Å². The van der Waals surface area contributed by atoms with Crippen molar-refractivity contribution in [2.45, 2.75) is 18.9 Å². The Bertz CT molecular complexity index is 540. The Balaban J connectivity index is 1.97. The predicted octanol–water partition coefficient (Wildman–Crippen LogP) is 2.03. The van der Waals surface area contributed by atoms with Crippen molar-refractivity contribution in [2.75, 3.05) is 13.2 Å². The molecule has 1 heterocycles. The summed E-state index contributed by atoms with van der Waals surface area (Å²) in [6.45, 7) is 1.12. The zero-order chi connectivity index (χ0) is 14.4. The molecule has 1 aromatic rings. The molecule has 104 valence electrons. The third-order valence-corrected chi connectivity index (χ3v) is 3.06. The fourth-order valence-electron chi connectivity index (χ4n) is 1.98. The second-order valence-electron chi connectivity index (χ2n) is 4.57. The summed E-state index contributed by atoms with van der Waals surface area (Å²) in [6.07, 6.45) is 3.38. The molecule has 5 heteroatoms. The first-order valence-corrected chi connectivity index (χ1v) is 6.46. The zero-order valence-electron chi connectivity index (χ0n) is 10.9. The maximum atomic E-state index is 12.8. The fourth-order valence-corrected chi connectivity index (χ4v) is 1.98. The quantitative estimate of drug-likeness (QED) is 0.675. The monoisotopic (exact) mass is 274 g/mol. The zero-order valence-corrected chi connectivity index (χ0v) is 10.9. The lowest BCUT2D eigenvalue weighted by atomic mass is 10.1. The lowest BCUT2D eigenvalue weighted by Crippen LogP contribution is -2.32. The van der Waals surface area contributed by atoms with Gasteiger partial charge in [0.05, 0.1) is 6.10 Å². The van der Waals surface area contributed by atoms with Crippen molar-refractivity contribution in [1.29, 1.82) is 5.26 Å². The molecule has 20 heavy (non-hydrogen) atoms. The summed E-state index contributed by atoms with van der Waals surface area (Å²) in [5.41, 5.74) is 0.602. The molecule has 0 bridgehead atoms. The van der Waals surface area contributed by atoms with Gasteiger partial charge in [-0.05, 0) is 36.6 Å². The summed E-state index contributed by atoms with van der Waals surface area (Å²) >= 11 is 0. The number of nitrogens with one attached hydrogen (secondary N) is 1. The highest BCUT2D eigenvalue weighted by molar-refractivity contribution is 6.01. The lowest BCUT2D eigenvalue weighted by Gasteiger charge is -2.10. The van der Waals surface area contributed by atoms with Crippen LogP contribution in [0.2, 0.25) is 0 Å². The molecule has 0 aliphatic carbocycles. The van der Waals surface area contributed by atoms with Crippen molar-refractivity contribution in [3.05, 3.63) is 41.2 Å². The van der Waals surface area contributed by atoms with Crippen molar-refractivity contribution in [2.24, 2.45) is 0 Å². The molecule has 0 saturated carbocycles. The Morgan fingerprint density at radius 3 is 2.85 bits per heavy atom. The van der Waals surface area contributed by atoms with Crippen LogP contribution in [0.1, 0.15) is 18.4 Å². The number of nitrogens with zero attached hydrogens (tertiary/aromatic N) is 1. The van der Waals surface area contributed by atoms with Crippen LogP contribution >= 0.6 is 0 Å². The highest BCUT2D eigenvalue weighted by Crippen LogP contribution is 2.11. The molecule has 1 amide bonds. The van der Waals surface area contributed by atoms with Gasteiger partial charge in [0.2, 0.25) is 0 Å². The molecule has 1 fully saturated rings. The van der Waals surface area contributed by atoms with Gasteiger partial charge in [-0.3, -0.25) is 4.79 Å². The molecule has 4 nitrogen and oxygen atoms in total. The summed E-state index contributed by atoms with van der Waals surface area (Å²) < 4.78 is 18.2. The van der Waals surface area contributed by atoms with E-state index in [0.29, 0.717) is 12.1 Å². The van der Waals surface area contributed by atoms with Gasteiger partial charge in [0.15, 0.2) is 0 Å². The molecule has 1 saturated heterocycles. The first-order valence-electron chi connectivity index (χ1n) is 6.46. The Morgan fingerprint density at radius 1 is 1.50 bits per heavy atom. The second kappa shape index (κ2) is 6.83. The first kappa shape index (κ1) is 14.2. The summed E-state index contributed by atoms with van der Waals surface area (Å²) in [6, 6.07) is 7.45. The number of ether oxygens (including phenoxy) is 1. The average molecular weight is 274 g/mol. The third-order valence-electron chi connectivity index (χ3n) is 3.06. The van der Waals surface area contributed by atoms with Gasteiger partial charge in [0.1, 0.15) is 17.5 Å². The van der Waals surface area contributed by atoms with Gasteiger partial charge in [-0.2, -0.15) is 5.26 Å². The molecular formula is C15H15FN2O2. The molecule has 1 aliphatic rings. The van der Waals surface area contributed by atoms with Crippen molar-refractivity contribution < 1.29 is 13.9 Å². The smallest absolute Gasteiger partial charge is 0.262 e. The van der Waals surface area contributed by atoms with E-state index in [-0.39, 0.29) is 17.5 Å². The predicted molar refractivity (Wildman–Crippen MR) is 72.0 cm³/mol. The van der Waals surface area contributed by atoms with Crippen molar-refractivity contribution in [3.8, 4) is 6.07 Å². The molecule has 0 aromatic heterocycles. The number of rotatable bonds is 4. The Morgan fingerprint density at radius 2 is 2.25 bits per heavy atom. The minimum Gasteiger partial charge on any atom is -0.376 e. The largest absolute Gasteiger partial charge is 0.376 e. The Kier molecular flexibility index (Phi) is 4.85. The Hall–Kier alpha value is -2.19. The van der Waals surface area contributed by atoms with Gasteiger partial charge >= 0.3 is 0 Å². The van der Waals surface area contributed by atoms with E-state index >= 15 is 0 Å². The fraction of sp³-hybridized carbons (Fsp3) is 0.333. The number of nitriles is 1. The van der Waals surface area contributed by atoms with E-state index in [9.17, 15) is 9.18 Å². The summed E-state index contributed by atoms with van der Waals surface area (Å²) in [7, 11) is 0. The molecule has 1 aromatic carbocycles. The average Bonchev–Trinajstić information content (AvgIpc) is 2.97. The van der Waals surface area contributed by atoms with Crippen molar-refractivity contribution in [3.63, 3.8) is 0 Å². The summed E-state index contributed by atoms with van der Waals surface area (Å²) in [5.74, 6) is -0.796. The van der Waals surface area contributed by atoms with Crippen LogP contribution in [0, 0.1) is 17.1 Å². The molecule has 1 N–H and O–H groups in total. The van der Waals surface area contributed by atoms with Crippen LogP contribution < -0.4 is 5.32 Å². The minimum absolute atomic E-state index is 0.00500. The topological polar surface area (TPSA) is 62.1 Å². The SMILES string of the molecule is N#C/C(=C/c1ccc(F)cc1)C(=O)NC[C@H]1CCCO1. The summed E-state index contributed by atoms with van der Waals surface area (Å²) in [5, 5.41) is 11.7. The van der Waals surface area contributed by atoms with Crippen LogP contribution in [0.15, 0.2) is 29.8 Å². The number of hydrogen-bond donors (Lipinski definition) is 1. The van der Waals surface area contributed by atoms with Crippen LogP contribution in [-0.2, 0) is 9.53 Å². The van der Waals surface area contributed by atoms with E-state index in [2.05, 4.69) is 5.32 Å². The van der Waals surface area contributed by atoms with Gasteiger partial charge < -0.3 is 10.1 Å². The molecule has 0 radical (unpaired) electrons. The molecule has 0 unspecified atom stereocenters. The highest BCUT2D eigenvalue weighted by atomic mass is 19.1. The highest BCUT2D eigenvalue weighted by Gasteiger charge is 2.17. The van der Waals surface area contributed by atoms with E-state index in [1.165, 1.54) is 30.3 Å². The van der Waals surface area contributed by atoms with E-state index in [4.69, 9.17) is 10.00 Å². The number of carbonyl (C=O) groups is 1. The van der Waals surface area contributed by atoms with E-state index in [1.54, 1.807) is 0 Å². The van der Waals surface area contributed by atoms with Gasteiger partial charge in [-0.15, -0.1) is 0 Å². The molecule has 2 rings (SSSR count). The number of benzene rings is 1.